The number of rotatable bonds is 4. The lowest BCUT2D eigenvalue weighted by Gasteiger charge is -2.07. The molecule has 0 fully saturated rings. The highest BCUT2D eigenvalue weighted by atomic mass is 15.1. The third-order valence-electron chi connectivity index (χ3n) is 2.62. The van der Waals surface area contributed by atoms with Crippen molar-refractivity contribution >= 4 is 11.2 Å². The van der Waals surface area contributed by atoms with E-state index in [2.05, 4.69) is 33.7 Å². The predicted octanol–water partition coefficient (Wildman–Crippen LogP) is 1.51. The number of pyridine rings is 1. The molecule has 0 atom stereocenters. The molecule has 0 radical (unpaired) electrons. The molecule has 2 rings (SSSR count). The standard InChI is InChI=1S/C12H18N4/c1-9(2)13-8-6-11-15-10-5-4-7-14-12(10)16(11)3/h4-5,7,9,13H,6,8H2,1-3H3. The van der Waals surface area contributed by atoms with E-state index in [9.17, 15) is 0 Å². The molecule has 0 unspecified atom stereocenters. The number of imidazole rings is 1. The largest absolute Gasteiger partial charge is 0.316 e. The van der Waals surface area contributed by atoms with Gasteiger partial charge in [0.2, 0.25) is 0 Å². The van der Waals surface area contributed by atoms with Crippen molar-refractivity contribution in [1.29, 1.82) is 0 Å². The SMILES string of the molecule is CC(C)NCCc1nc2cccnc2n1C. The molecule has 16 heavy (non-hydrogen) atoms. The van der Waals surface area contributed by atoms with E-state index in [-0.39, 0.29) is 0 Å². The Morgan fingerprint density at radius 3 is 2.94 bits per heavy atom. The average molecular weight is 218 g/mol. The molecule has 0 aliphatic heterocycles. The van der Waals surface area contributed by atoms with E-state index < -0.39 is 0 Å². The van der Waals surface area contributed by atoms with Crippen molar-refractivity contribution in [3.63, 3.8) is 0 Å². The van der Waals surface area contributed by atoms with Crippen molar-refractivity contribution in [2.45, 2.75) is 26.3 Å². The Labute approximate surface area is 95.7 Å². The van der Waals surface area contributed by atoms with Crippen molar-refractivity contribution in [2.75, 3.05) is 6.54 Å². The number of aryl methyl sites for hydroxylation is 1. The summed E-state index contributed by atoms with van der Waals surface area (Å²) in [5.74, 6) is 1.09. The summed E-state index contributed by atoms with van der Waals surface area (Å²) in [4.78, 5) is 8.89. The van der Waals surface area contributed by atoms with Gasteiger partial charge in [-0.05, 0) is 12.1 Å². The second-order valence-electron chi connectivity index (χ2n) is 4.29. The molecule has 86 valence electrons. The van der Waals surface area contributed by atoms with Crippen molar-refractivity contribution in [3.05, 3.63) is 24.2 Å². The van der Waals surface area contributed by atoms with Crippen LogP contribution in [0.2, 0.25) is 0 Å². The normalized spacial score (nSPS) is 11.5. The Bertz CT molecular complexity index is 473. The smallest absolute Gasteiger partial charge is 0.159 e. The molecule has 1 N–H and O–H groups in total. The summed E-state index contributed by atoms with van der Waals surface area (Å²) in [6.07, 6.45) is 2.74. The average Bonchev–Trinajstić information content (AvgIpc) is 2.56. The third-order valence-corrected chi connectivity index (χ3v) is 2.62. The minimum absolute atomic E-state index is 0.521. The molecule has 0 saturated heterocycles. The molecule has 2 aromatic heterocycles. The van der Waals surface area contributed by atoms with Crippen molar-refractivity contribution < 1.29 is 0 Å². The first-order chi connectivity index (χ1) is 7.68. The minimum atomic E-state index is 0.521. The second kappa shape index (κ2) is 4.61. The quantitative estimate of drug-likeness (QED) is 0.846. The maximum atomic E-state index is 4.57. The molecule has 0 aromatic carbocycles. The highest BCUT2D eigenvalue weighted by Gasteiger charge is 2.07. The van der Waals surface area contributed by atoms with Gasteiger partial charge in [-0.1, -0.05) is 13.8 Å². The lowest BCUT2D eigenvalue weighted by atomic mass is 10.3. The van der Waals surface area contributed by atoms with Gasteiger partial charge in [0.05, 0.1) is 0 Å². The maximum Gasteiger partial charge on any atom is 0.159 e. The van der Waals surface area contributed by atoms with Crippen LogP contribution >= 0.6 is 0 Å². The van der Waals surface area contributed by atoms with Crippen LogP contribution in [0.3, 0.4) is 0 Å². The number of nitrogens with zero attached hydrogens (tertiary/aromatic N) is 3. The Morgan fingerprint density at radius 2 is 2.25 bits per heavy atom. The summed E-state index contributed by atoms with van der Waals surface area (Å²) in [7, 11) is 2.02. The molecule has 0 spiro atoms. The highest BCUT2D eigenvalue weighted by Crippen LogP contribution is 2.11. The first-order valence-electron chi connectivity index (χ1n) is 5.68. The van der Waals surface area contributed by atoms with E-state index in [1.165, 1.54) is 0 Å². The number of fused-ring (bicyclic) bond motifs is 1. The van der Waals surface area contributed by atoms with Crippen LogP contribution in [0.25, 0.3) is 11.2 Å². The highest BCUT2D eigenvalue weighted by molar-refractivity contribution is 5.70. The Morgan fingerprint density at radius 1 is 1.44 bits per heavy atom. The molecule has 4 heteroatoms. The van der Waals surface area contributed by atoms with Gasteiger partial charge < -0.3 is 9.88 Å². The van der Waals surface area contributed by atoms with Crippen LogP contribution in [0, 0.1) is 0 Å². The van der Waals surface area contributed by atoms with Gasteiger partial charge in [0.1, 0.15) is 11.3 Å². The zero-order valence-electron chi connectivity index (χ0n) is 10.1. The molecule has 0 aliphatic carbocycles. The lowest BCUT2D eigenvalue weighted by molar-refractivity contribution is 0.578. The van der Waals surface area contributed by atoms with Gasteiger partial charge in [0.15, 0.2) is 5.65 Å². The monoisotopic (exact) mass is 218 g/mol. The van der Waals surface area contributed by atoms with Crippen LogP contribution in [0.15, 0.2) is 18.3 Å². The first kappa shape index (κ1) is 11.1. The van der Waals surface area contributed by atoms with Crippen molar-refractivity contribution in [1.82, 2.24) is 19.9 Å². The van der Waals surface area contributed by atoms with Crippen molar-refractivity contribution in [3.8, 4) is 0 Å². The number of hydrogen-bond donors (Lipinski definition) is 1. The summed E-state index contributed by atoms with van der Waals surface area (Å²) in [6.45, 7) is 5.25. The zero-order valence-corrected chi connectivity index (χ0v) is 10.1. The zero-order chi connectivity index (χ0) is 11.5. The van der Waals surface area contributed by atoms with Crippen molar-refractivity contribution in [2.24, 2.45) is 7.05 Å². The lowest BCUT2D eigenvalue weighted by Crippen LogP contribution is -2.25. The van der Waals surface area contributed by atoms with E-state index in [0.717, 1.165) is 30.0 Å². The topological polar surface area (TPSA) is 42.7 Å². The molecule has 4 nitrogen and oxygen atoms in total. The molecule has 2 heterocycles. The van der Waals surface area contributed by atoms with E-state index in [0.29, 0.717) is 6.04 Å². The van der Waals surface area contributed by atoms with Crippen LogP contribution in [-0.2, 0) is 13.5 Å². The van der Waals surface area contributed by atoms with Gasteiger partial charge in [0.25, 0.3) is 0 Å². The Balaban J connectivity index is 2.15. The van der Waals surface area contributed by atoms with E-state index in [4.69, 9.17) is 0 Å². The molecular weight excluding hydrogens is 200 g/mol. The molecule has 0 aliphatic rings. The van der Waals surface area contributed by atoms with Gasteiger partial charge in [-0.15, -0.1) is 0 Å². The number of nitrogens with one attached hydrogen (secondary N) is 1. The van der Waals surface area contributed by atoms with Crippen LogP contribution in [0.1, 0.15) is 19.7 Å². The van der Waals surface area contributed by atoms with E-state index in [1.54, 1.807) is 6.20 Å². The summed E-state index contributed by atoms with van der Waals surface area (Å²) < 4.78 is 2.07. The fraction of sp³-hybridized carbons (Fsp3) is 0.500. The second-order valence-corrected chi connectivity index (χ2v) is 4.29. The molecule has 2 aromatic rings. The molecular formula is C12H18N4. The van der Waals surface area contributed by atoms with Crippen LogP contribution in [0.5, 0.6) is 0 Å². The summed E-state index contributed by atoms with van der Waals surface area (Å²) in [6, 6.07) is 4.44. The van der Waals surface area contributed by atoms with Gasteiger partial charge in [-0.2, -0.15) is 0 Å². The van der Waals surface area contributed by atoms with Crippen LogP contribution in [0.4, 0.5) is 0 Å². The van der Waals surface area contributed by atoms with E-state index >= 15 is 0 Å². The fourth-order valence-corrected chi connectivity index (χ4v) is 1.77. The third kappa shape index (κ3) is 2.22. The Kier molecular flexibility index (Phi) is 3.19. The number of hydrogen-bond acceptors (Lipinski definition) is 3. The molecule has 0 saturated carbocycles. The molecule has 0 bridgehead atoms. The minimum Gasteiger partial charge on any atom is -0.316 e. The Hall–Kier alpha value is -1.42. The predicted molar refractivity (Wildman–Crippen MR) is 65.4 cm³/mol. The van der Waals surface area contributed by atoms with Gasteiger partial charge >= 0.3 is 0 Å². The number of aromatic nitrogens is 3. The van der Waals surface area contributed by atoms with Crippen LogP contribution < -0.4 is 5.32 Å². The van der Waals surface area contributed by atoms with E-state index in [1.807, 2.05) is 19.2 Å². The summed E-state index contributed by atoms with van der Waals surface area (Å²) >= 11 is 0. The maximum absolute atomic E-state index is 4.57. The van der Waals surface area contributed by atoms with Gasteiger partial charge in [-0.25, -0.2) is 9.97 Å². The molecule has 0 amide bonds. The van der Waals surface area contributed by atoms with Gasteiger partial charge in [-0.3, -0.25) is 0 Å². The fourth-order valence-electron chi connectivity index (χ4n) is 1.77. The summed E-state index contributed by atoms with van der Waals surface area (Å²) in [5, 5.41) is 3.39. The summed E-state index contributed by atoms with van der Waals surface area (Å²) in [5.41, 5.74) is 1.94. The van der Waals surface area contributed by atoms with Gasteiger partial charge in [0, 0.05) is 32.3 Å². The first-order valence-corrected chi connectivity index (χ1v) is 5.68. The van der Waals surface area contributed by atoms with Crippen LogP contribution in [-0.4, -0.2) is 27.1 Å².